The van der Waals surface area contributed by atoms with E-state index in [2.05, 4.69) is 61.5 Å². The quantitative estimate of drug-likeness (QED) is 0.495. The lowest BCUT2D eigenvalue weighted by molar-refractivity contribution is 0.171. The summed E-state index contributed by atoms with van der Waals surface area (Å²) in [6.45, 7) is 6.00. The maximum atomic E-state index is 5.51. The smallest absolute Gasteiger partial charge is 0.231 e. The van der Waals surface area contributed by atoms with Gasteiger partial charge >= 0.3 is 0 Å². The maximum Gasteiger partial charge on any atom is 0.231 e. The molecule has 5 rings (SSSR count). The van der Waals surface area contributed by atoms with Crippen molar-refractivity contribution in [2.45, 2.75) is 13.0 Å². The monoisotopic (exact) mass is 431 g/mol. The summed E-state index contributed by atoms with van der Waals surface area (Å²) in [5.74, 6) is 2.67. The molecule has 3 aromatic rings. The van der Waals surface area contributed by atoms with E-state index in [0.717, 1.165) is 68.7 Å². The SMILES string of the molecule is CN=C(NCCc1cccc2cccnc12)N1CCN(Cc2ccc3c(c2)OCO3)CC1. The van der Waals surface area contributed by atoms with Crippen LogP contribution in [0.25, 0.3) is 10.9 Å². The summed E-state index contributed by atoms with van der Waals surface area (Å²) in [7, 11) is 1.86. The van der Waals surface area contributed by atoms with Crippen LogP contribution in [0.5, 0.6) is 11.5 Å². The molecule has 2 aliphatic heterocycles. The van der Waals surface area contributed by atoms with Gasteiger partial charge in [-0.2, -0.15) is 0 Å². The Morgan fingerprint density at radius 2 is 1.88 bits per heavy atom. The van der Waals surface area contributed by atoms with Crippen LogP contribution >= 0.6 is 0 Å². The molecular weight excluding hydrogens is 402 g/mol. The van der Waals surface area contributed by atoms with Crippen LogP contribution in [-0.2, 0) is 13.0 Å². The molecule has 7 nitrogen and oxygen atoms in total. The number of rotatable bonds is 5. The van der Waals surface area contributed by atoms with Crippen molar-refractivity contribution in [3.63, 3.8) is 0 Å². The van der Waals surface area contributed by atoms with Crippen LogP contribution in [-0.4, -0.2) is 67.3 Å². The summed E-state index contributed by atoms with van der Waals surface area (Å²) in [5, 5.41) is 4.73. The van der Waals surface area contributed by atoms with Crippen LogP contribution in [0.2, 0.25) is 0 Å². The fourth-order valence-electron chi connectivity index (χ4n) is 4.43. The normalized spacial score (nSPS) is 16.5. The summed E-state index contributed by atoms with van der Waals surface area (Å²) in [6, 6.07) is 16.7. The number of nitrogens with one attached hydrogen (secondary N) is 1. The molecule has 0 amide bonds. The molecule has 0 saturated carbocycles. The summed E-state index contributed by atoms with van der Waals surface area (Å²) >= 11 is 0. The van der Waals surface area contributed by atoms with Gasteiger partial charge in [0.15, 0.2) is 17.5 Å². The molecule has 0 bridgehead atoms. The Morgan fingerprint density at radius 3 is 2.75 bits per heavy atom. The fourth-order valence-corrected chi connectivity index (χ4v) is 4.43. The summed E-state index contributed by atoms with van der Waals surface area (Å²) in [6.07, 6.45) is 2.78. The van der Waals surface area contributed by atoms with Crippen LogP contribution in [0.3, 0.4) is 0 Å². The minimum absolute atomic E-state index is 0.320. The molecule has 1 N–H and O–H groups in total. The highest BCUT2D eigenvalue weighted by Crippen LogP contribution is 2.32. The first-order valence-corrected chi connectivity index (χ1v) is 11.2. The lowest BCUT2D eigenvalue weighted by atomic mass is 10.1. The van der Waals surface area contributed by atoms with Gasteiger partial charge in [0, 0.05) is 57.9 Å². The van der Waals surface area contributed by atoms with Gasteiger partial charge in [-0.05, 0) is 35.7 Å². The number of fused-ring (bicyclic) bond motifs is 2. The molecule has 1 fully saturated rings. The van der Waals surface area contributed by atoms with Crippen LogP contribution in [0.1, 0.15) is 11.1 Å². The van der Waals surface area contributed by atoms with Crippen molar-refractivity contribution in [3.05, 3.63) is 65.9 Å². The van der Waals surface area contributed by atoms with Crippen LogP contribution in [0, 0.1) is 0 Å². The van der Waals surface area contributed by atoms with E-state index in [4.69, 9.17) is 9.47 Å². The van der Waals surface area contributed by atoms with Crippen LogP contribution < -0.4 is 14.8 Å². The number of aliphatic imine (C=N–C) groups is 1. The Labute approximate surface area is 188 Å². The molecule has 0 aliphatic carbocycles. The molecule has 2 aliphatic rings. The van der Waals surface area contributed by atoms with Gasteiger partial charge < -0.3 is 19.7 Å². The van der Waals surface area contributed by atoms with E-state index in [1.807, 2.05) is 25.4 Å². The topological polar surface area (TPSA) is 62.2 Å². The molecule has 1 aromatic heterocycles. The molecule has 1 saturated heterocycles. The number of guanidine groups is 1. The van der Waals surface area contributed by atoms with E-state index < -0.39 is 0 Å². The molecule has 0 atom stereocenters. The van der Waals surface area contributed by atoms with Gasteiger partial charge in [-0.25, -0.2) is 0 Å². The molecule has 0 spiro atoms. The average molecular weight is 432 g/mol. The Morgan fingerprint density at radius 1 is 1.03 bits per heavy atom. The van der Waals surface area contributed by atoms with Crippen molar-refractivity contribution in [2.75, 3.05) is 46.6 Å². The van der Waals surface area contributed by atoms with Gasteiger partial charge in [-0.15, -0.1) is 0 Å². The molecule has 166 valence electrons. The second kappa shape index (κ2) is 9.44. The highest BCUT2D eigenvalue weighted by Gasteiger charge is 2.21. The van der Waals surface area contributed by atoms with Crippen molar-refractivity contribution in [1.82, 2.24) is 20.1 Å². The van der Waals surface area contributed by atoms with E-state index in [9.17, 15) is 0 Å². The third-order valence-corrected chi connectivity index (χ3v) is 6.12. The molecule has 2 aromatic carbocycles. The van der Waals surface area contributed by atoms with E-state index in [1.165, 1.54) is 16.5 Å². The molecular formula is C25H29N5O2. The van der Waals surface area contributed by atoms with Crippen molar-refractivity contribution >= 4 is 16.9 Å². The van der Waals surface area contributed by atoms with Crippen molar-refractivity contribution in [1.29, 1.82) is 0 Å². The number of benzene rings is 2. The molecule has 0 radical (unpaired) electrons. The van der Waals surface area contributed by atoms with Crippen molar-refractivity contribution in [3.8, 4) is 11.5 Å². The van der Waals surface area contributed by atoms with E-state index >= 15 is 0 Å². The minimum atomic E-state index is 0.320. The van der Waals surface area contributed by atoms with Gasteiger partial charge in [0.2, 0.25) is 6.79 Å². The molecule has 0 unspecified atom stereocenters. The zero-order chi connectivity index (χ0) is 21.8. The third kappa shape index (κ3) is 4.48. The lowest BCUT2D eigenvalue weighted by Crippen LogP contribution is -2.52. The number of ether oxygens (including phenoxy) is 2. The van der Waals surface area contributed by atoms with Gasteiger partial charge in [0.05, 0.1) is 5.52 Å². The van der Waals surface area contributed by atoms with Crippen molar-refractivity contribution < 1.29 is 9.47 Å². The number of aromatic nitrogens is 1. The summed E-state index contributed by atoms with van der Waals surface area (Å²) < 4.78 is 10.9. The van der Waals surface area contributed by atoms with E-state index in [-0.39, 0.29) is 0 Å². The number of hydrogen-bond acceptors (Lipinski definition) is 5. The predicted molar refractivity (Wildman–Crippen MR) is 126 cm³/mol. The summed E-state index contributed by atoms with van der Waals surface area (Å²) in [4.78, 5) is 13.9. The third-order valence-electron chi connectivity index (χ3n) is 6.12. The van der Waals surface area contributed by atoms with Gasteiger partial charge in [-0.1, -0.05) is 30.3 Å². The van der Waals surface area contributed by atoms with Crippen molar-refractivity contribution in [2.24, 2.45) is 4.99 Å². The molecule has 32 heavy (non-hydrogen) atoms. The highest BCUT2D eigenvalue weighted by molar-refractivity contribution is 5.82. The largest absolute Gasteiger partial charge is 0.454 e. The number of piperazine rings is 1. The number of pyridine rings is 1. The van der Waals surface area contributed by atoms with Crippen LogP contribution in [0.4, 0.5) is 0 Å². The second-order valence-corrected chi connectivity index (χ2v) is 8.17. The maximum absolute atomic E-state index is 5.51. The Balaban J connectivity index is 1.12. The Bertz CT molecular complexity index is 1100. The zero-order valence-electron chi connectivity index (χ0n) is 18.5. The fraction of sp³-hybridized carbons (Fsp3) is 0.360. The van der Waals surface area contributed by atoms with Gasteiger partial charge in [0.25, 0.3) is 0 Å². The number of para-hydroxylation sites is 1. The first kappa shape index (κ1) is 20.6. The van der Waals surface area contributed by atoms with Crippen LogP contribution in [0.15, 0.2) is 59.7 Å². The number of nitrogens with zero attached hydrogens (tertiary/aromatic N) is 4. The predicted octanol–water partition coefficient (Wildman–Crippen LogP) is 2.90. The lowest BCUT2D eigenvalue weighted by Gasteiger charge is -2.36. The molecule has 3 heterocycles. The van der Waals surface area contributed by atoms with E-state index in [1.54, 1.807) is 0 Å². The molecule has 7 heteroatoms. The van der Waals surface area contributed by atoms with Gasteiger partial charge in [-0.3, -0.25) is 14.9 Å². The standard InChI is InChI=1S/C25H29N5O2/c1-26-25(28-11-9-21-5-2-4-20-6-3-10-27-24(20)21)30-14-12-29(13-15-30)17-19-7-8-22-23(16-19)32-18-31-22/h2-8,10,16H,9,11-15,17-18H2,1H3,(H,26,28). The highest BCUT2D eigenvalue weighted by atomic mass is 16.7. The Hall–Kier alpha value is -3.32. The number of hydrogen-bond donors (Lipinski definition) is 1. The van der Waals surface area contributed by atoms with E-state index in [0.29, 0.717) is 6.79 Å². The average Bonchev–Trinajstić information content (AvgIpc) is 3.31. The first-order chi connectivity index (χ1) is 15.8. The van der Waals surface area contributed by atoms with Gasteiger partial charge in [0.1, 0.15) is 0 Å². The Kier molecular flexibility index (Phi) is 6.07. The minimum Gasteiger partial charge on any atom is -0.454 e. The zero-order valence-corrected chi connectivity index (χ0v) is 18.5. The second-order valence-electron chi connectivity index (χ2n) is 8.17. The first-order valence-electron chi connectivity index (χ1n) is 11.2. The summed E-state index contributed by atoms with van der Waals surface area (Å²) in [5.41, 5.74) is 3.61.